The van der Waals surface area contributed by atoms with Crippen molar-refractivity contribution in [1.29, 1.82) is 0 Å². The van der Waals surface area contributed by atoms with E-state index in [4.69, 9.17) is 11.6 Å². The fourth-order valence-corrected chi connectivity index (χ4v) is 1.30. The van der Waals surface area contributed by atoms with Gasteiger partial charge in [0.15, 0.2) is 0 Å². The molecule has 1 heterocycles. The van der Waals surface area contributed by atoms with Gasteiger partial charge in [0.2, 0.25) is 0 Å². The Kier molecular flexibility index (Phi) is 1.88. The zero-order valence-corrected chi connectivity index (χ0v) is 7.85. The van der Waals surface area contributed by atoms with Crippen LogP contribution in [0.4, 0.5) is 0 Å². The van der Waals surface area contributed by atoms with Crippen LogP contribution in [-0.2, 0) is 0 Å². The number of aromatic nitrogens is 2. The van der Waals surface area contributed by atoms with Gasteiger partial charge < -0.3 is 0 Å². The Morgan fingerprint density at radius 2 is 2.33 bits per heavy atom. The maximum atomic E-state index is 11.4. The largest absolute Gasteiger partial charge is 0.286 e. The van der Waals surface area contributed by atoms with E-state index in [1.807, 2.05) is 0 Å². The third-order valence-electron chi connectivity index (χ3n) is 1.82. The van der Waals surface area contributed by atoms with Gasteiger partial charge in [-0.2, -0.15) is 5.10 Å². The minimum atomic E-state index is -0.230. The fraction of sp³-hybridized carbons (Fsp3) is 0.429. The van der Waals surface area contributed by atoms with E-state index in [-0.39, 0.29) is 16.6 Å². The summed E-state index contributed by atoms with van der Waals surface area (Å²) >= 11 is 9.70. The normalized spacial score (nSPS) is 16.5. The van der Waals surface area contributed by atoms with Crippen molar-refractivity contribution in [3.63, 3.8) is 0 Å². The van der Waals surface area contributed by atoms with Gasteiger partial charge in [-0.1, -0.05) is 11.6 Å². The van der Waals surface area contributed by atoms with Crippen LogP contribution in [0.2, 0.25) is 5.02 Å². The fourth-order valence-electron chi connectivity index (χ4n) is 1.02. The Morgan fingerprint density at radius 3 is 2.92 bits per heavy atom. The molecule has 1 aliphatic carbocycles. The average molecular weight is 203 g/mol. The van der Waals surface area contributed by atoms with Gasteiger partial charge in [-0.25, -0.2) is 4.68 Å². The van der Waals surface area contributed by atoms with Gasteiger partial charge in [-0.05, 0) is 12.8 Å². The van der Waals surface area contributed by atoms with Gasteiger partial charge >= 0.3 is 0 Å². The molecular weight excluding hydrogens is 196 g/mol. The lowest BCUT2D eigenvalue weighted by atomic mass is 10.5. The number of hydrogen-bond donors (Lipinski definition) is 1. The van der Waals surface area contributed by atoms with Crippen molar-refractivity contribution in [3.05, 3.63) is 21.6 Å². The molecule has 0 unspecified atom stereocenters. The first kappa shape index (κ1) is 8.13. The van der Waals surface area contributed by atoms with Gasteiger partial charge in [0.05, 0.1) is 12.2 Å². The van der Waals surface area contributed by atoms with Crippen LogP contribution in [-0.4, -0.2) is 9.78 Å². The number of hydrogen-bond acceptors (Lipinski definition) is 3. The van der Waals surface area contributed by atoms with E-state index < -0.39 is 0 Å². The molecule has 3 nitrogen and oxygen atoms in total. The smallest absolute Gasteiger partial charge is 0.266 e. The number of thiol groups is 1. The van der Waals surface area contributed by atoms with Gasteiger partial charge in [-0.3, -0.25) is 4.79 Å². The SMILES string of the molecule is O=c1c(Cl)c(S)cnn1C1CC1. The van der Waals surface area contributed by atoms with Crippen LogP contribution >= 0.6 is 24.2 Å². The molecule has 0 aliphatic heterocycles. The highest BCUT2D eigenvalue weighted by Crippen LogP contribution is 2.33. The quantitative estimate of drug-likeness (QED) is 0.701. The van der Waals surface area contributed by atoms with Crippen LogP contribution in [0.15, 0.2) is 15.9 Å². The Bertz CT molecular complexity index is 372. The summed E-state index contributed by atoms with van der Waals surface area (Å²) in [5.41, 5.74) is -0.230. The third-order valence-corrected chi connectivity index (χ3v) is 2.65. The average Bonchev–Trinajstić information content (AvgIpc) is 2.84. The van der Waals surface area contributed by atoms with E-state index in [0.29, 0.717) is 4.90 Å². The molecule has 5 heteroatoms. The van der Waals surface area contributed by atoms with Crippen molar-refractivity contribution in [3.8, 4) is 0 Å². The molecule has 64 valence electrons. The lowest BCUT2D eigenvalue weighted by Crippen LogP contribution is -2.22. The van der Waals surface area contributed by atoms with Crippen LogP contribution in [0.25, 0.3) is 0 Å². The predicted octanol–water partition coefficient (Wildman–Crippen LogP) is 1.52. The van der Waals surface area contributed by atoms with Gasteiger partial charge in [0.25, 0.3) is 5.56 Å². The Labute approximate surface area is 79.8 Å². The Balaban J connectivity index is 2.57. The van der Waals surface area contributed by atoms with E-state index in [1.54, 1.807) is 0 Å². The van der Waals surface area contributed by atoms with Gasteiger partial charge in [-0.15, -0.1) is 12.6 Å². The molecule has 12 heavy (non-hydrogen) atoms. The van der Waals surface area contributed by atoms with Gasteiger partial charge in [0.1, 0.15) is 5.02 Å². The standard InChI is InChI=1S/C7H7ClN2OS/c8-6-5(12)3-9-10(7(6)11)4-1-2-4/h3-4,12H,1-2H2. The maximum Gasteiger partial charge on any atom is 0.286 e. The Morgan fingerprint density at radius 1 is 1.67 bits per heavy atom. The minimum Gasteiger partial charge on any atom is -0.266 e. The predicted molar refractivity (Wildman–Crippen MR) is 49.0 cm³/mol. The molecule has 0 aromatic carbocycles. The molecule has 0 N–H and O–H groups in total. The maximum absolute atomic E-state index is 11.4. The van der Waals surface area contributed by atoms with Crippen molar-refractivity contribution >= 4 is 24.2 Å². The highest BCUT2D eigenvalue weighted by molar-refractivity contribution is 7.80. The number of rotatable bonds is 1. The highest BCUT2D eigenvalue weighted by atomic mass is 35.5. The number of halogens is 1. The molecule has 0 amide bonds. The number of nitrogens with zero attached hydrogens (tertiary/aromatic N) is 2. The van der Waals surface area contributed by atoms with Crippen LogP contribution in [0.5, 0.6) is 0 Å². The molecule has 1 fully saturated rings. The van der Waals surface area contributed by atoms with E-state index in [9.17, 15) is 4.79 Å². The summed E-state index contributed by atoms with van der Waals surface area (Å²) in [7, 11) is 0. The summed E-state index contributed by atoms with van der Waals surface area (Å²) in [6.07, 6.45) is 3.55. The molecule has 0 saturated heterocycles. The molecule has 0 radical (unpaired) electrons. The summed E-state index contributed by atoms with van der Waals surface area (Å²) in [6, 6.07) is 0.268. The second-order valence-electron chi connectivity index (χ2n) is 2.82. The van der Waals surface area contributed by atoms with E-state index in [1.165, 1.54) is 10.9 Å². The minimum absolute atomic E-state index is 0.167. The molecule has 2 rings (SSSR count). The summed E-state index contributed by atoms with van der Waals surface area (Å²) in [5, 5.41) is 4.11. The van der Waals surface area contributed by atoms with Crippen molar-refractivity contribution in [1.82, 2.24) is 9.78 Å². The topological polar surface area (TPSA) is 34.9 Å². The van der Waals surface area contributed by atoms with Crippen LogP contribution < -0.4 is 5.56 Å². The zero-order chi connectivity index (χ0) is 8.72. The van der Waals surface area contributed by atoms with E-state index >= 15 is 0 Å². The lowest BCUT2D eigenvalue weighted by Gasteiger charge is -2.02. The first-order valence-corrected chi connectivity index (χ1v) is 4.49. The molecule has 0 atom stereocenters. The van der Waals surface area contributed by atoms with Crippen molar-refractivity contribution in [2.45, 2.75) is 23.8 Å². The highest BCUT2D eigenvalue weighted by Gasteiger charge is 2.26. The van der Waals surface area contributed by atoms with Crippen LogP contribution in [0.3, 0.4) is 0 Å². The molecule has 0 spiro atoms. The van der Waals surface area contributed by atoms with Crippen molar-refractivity contribution < 1.29 is 0 Å². The molecule has 1 aromatic rings. The molecule has 1 aliphatic rings. The monoisotopic (exact) mass is 202 g/mol. The second kappa shape index (κ2) is 2.78. The van der Waals surface area contributed by atoms with Crippen LogP contribution in [0.1, 0.15) is 18.9 Å². The summed E-state index contributed by atoms with van der Waals surface area (Å²) in [4.78, 5) is 11.8. The third kappa shape index (κ3) is 1.25. The summed E-state index contributed by atoms with van der Waals surface area (Å²) < 4.78 is 1.43. The molecule has 1 saturated carbocycles. The van der Waals surface area contributed by atoms with E-state index in [2.05, 4.69) is 17.7 Å². The first-order chi connectivity index (χ1) is 5.70. The molecule has 0 bridgehead atoms. The lowest BCUT2D eigenvalue weighted by molar-refractivity contribution is 0.592. The van der Waals surface area contributed by atoms with Crippen molar-refractivity contribution in [2.75, 3.05) is 0 Å². The van der Waals surface area contributed by atoms with Gasteiger partial charge in [0, 0.05) is 4.90 Å². The summed E-state index contributed by atoms with van der Waals surface area (Å²) in [5.74, 6) is 0. The Hall–Kier alpha value is -0.480. The zero-order valence-electron chi connectivity index (χ0n) is 6.20. The van der Waals surface area contributed by atoms with E-state index in [0.717, 1.165) is 12.8 Å². The van der Waals surface area contributed by atoms with Crippen LogP contribution in [0, 0.1) is 0 Å². The van der Waals surface area contributed by atoms with Crippen molar-refractivity contribution in [2.24, 2.45) is 0 Å². The first-order valence-electron chi connectivity index (χ1n) is 3.66. The molecule has 1 aromatic heterocycles. The second-order valence-corrected chi connectivity index (χ2v) is 3.68. The summed E-state index contributed by atoms with van der Waals surface area (Å²) in [6.45, 7) is 0. The molecular formula is C7H7ClN2OS.